The van der Waals surface area contributed by atoms with Gasteiger partial charge >= 0.3 is 0 Å². The Kier molecular flexibility index (Phi) is 5.25. The number of amides is 2. The number of aryl methyl sites for hydroxylation is 2. The third-order valence-corrected chi connectivity index (χ3v) is 5.95. The first kappa shape index (κ1) is 19.4. The molecule has 0 bridgehead atoms. The van der Waals surface area contributed by atoms with Gasteiger partial charge in [-0.2, -0.15) is 5.10 Å². The third-order valence-electron chi connectivity index (χ3n) is 5.95. The van der Waals surface area contributed by atoms with Crippen molar-refractivity contribution in [1.29, 1.82) is 0 Å². The van der Waals surface area contributed by atoms with Gasteiger partial charge in [0.1, 0.15) is 0 Å². The van der Waals surface area contributed by atoms with Gasteiger partial charge in [0.2, 0.25) is 5.91 Å². The van der Waals surface area contributed by atoms with Gasteiger partial charge in [-0.3, -0.25) is 19.7 Å². The van der Waals surface area contributed by atoms with Crippen LogP contribution in [0, 0.1) is 13.8 Å². The number of hydrogen-bond donors (Lipinski definition) is 1. The molecule has 29 heavy (non-hydrogen) atoms. The minimum atomic E-state index is 0.0329. The predicted molar refractivity (Wildman–Crippen MR) is 110 cm³/mol. The molecule has 154 valence electrons. The maximum absolute atomic E-state index is 12.7. The van der Waals surface area contributed by atoms with E-state index in [1.807, 2.05) is 23.6 Å². The lowest BCUT2D eigenvalue weighted by atomic mass is 10.1. The van der Waals surface area contributed by atoms with Crippen molar-refractivity contribution in [2.75, 3.05) is 37.6 Å². The molecular formula is C21H28N6O2. The highest BCUT2D eigenvalue weighted by Crippen LogP contribution is 2.33. The van der Waals surface area contributed by atoms with Crippen LogP contribution in [-0.2, 0) is 4.79 Å². The largest absolute Gasteiger partial charge is 0.368 e. The molecule has 1 N–H and O–H groups in total. The van der Waals surface area contributed by atoms with Gasteiger partial charge in [-0.1, -0.05) is 0 Å². The Balaban J connectivity index is 1.47. The molecule has 0 radical (unpaired) electrons. The molecule has 4 rings (SSSR count). The highest BCUT2D eigenvalue weighted by atomic mass is 16.2. The number of carbonyl (C=O) groups is 2. The SMILES string of the molecule is CC(=O)N1CCC[C@@H]1c1cc(N2CCN(C(=O)c3cn[nH]c3C)CC2)cc(C)n1. The van der Waals surface area contributed by atoms with Crippen molar-refractivity contribution in [2.24, 2.45) is 0 Å². The van der Waals surface area contributed by atoms with Gasteiger partial charge in [0, 0.05) is 56.7 Å². The predicted octanol–water partition coefficient (Wildman–Crippen LogP) is 2.07. The summed E-state index contributed by atoms with van der Waals surface area (Å²) in [5, 5.41) is 6.79. The summed E-state index contributed by atoms with van der Waals surface area (Å²) in [6.07, 6.45) is 3.58. The number of rotatable bonds is 3. The van der Waals surface area contributed by atoms with Crippen LogP contribution in [0.15, 0.2) is 18.3 Å². The van der Waals surface area contributed by atoms with Crippen LogP contribution in [0.2, 0.25) is 0 Å². The molecule has 8 heteroatoms. The first-order chi connectivity index (χ1) is 13.9. The number of piperazine rings is 1. The van der Waals surface area contributed by atoms with Crippen LogP contribution >= 0.6 is 0 Å². The fourth-order valence-electron chi connectivity index (χ4n) is 4.38. The molecule has 4 heterocycles. The van der Waals surface area contributed by atoms with Crippen molar-refractivity contribution < 1.29 is 9.59 Å². The zero-order chi connectivity index (χ0) is 20.5. The molecule has 2 amide bonds. The molecule has 0 saturated carbocycles. The molecule has 2 aliphatic heterocycles. The molecule has 0 aromatic carbocycles. The maximum atomic E-state index is 12.7. The number of pyridine rings is 1. The molecule has 1 atom stereocenters. The maximum Gasteiger partial charge on any atom is 0.257 e. The van der Waals surface area contributed by atoms with Crippen LogP contribution in [0.5, 0.6) is 0 Å². The first-order valence-corrected chi connectivity index (χ1v) is 10.2. The number of nitrogens with one attached hydrogen (secondary N) is 1. The molecule has 0 spiro atoms. The highest BCUT2D eigenvalue weighted by molar-refractivity contribution is 5.95. The lowest BCUT2D eigenvalue weighted by Gasteiger charge is -2.36. The summed E-state index contributed by atoms with van der Waals surface area (Å²) in [4.78, 5) is 35.5. The Labute approximate surface area is 170 Å². The molecule has 2 aromatic rings. The average molecular weight is 396 g/mol. The second kappa shape index (κ2) is 7.85. The highest BCUT2D eigenvalue weighted by Gasteiger charge is 2.30. The Bertz CT molecular complexity index is 916. The van der Waals surface area contributed by atoms with Gasteiger partial charge < -0.3 is 14.7 Å². The van der Waals surface area contributed by atoms with E-state index in [2.05, 4.69) is 27.2 Å². The Morgan fingerprint density at radius 1 is 1.10 bits per heavy atom. The monoisotopic (exact) mass is 396 g/mol. The normalized spacial score (nSPS) is 19.7. The summed E-state index contributed by atoms with van der Waals surface area (Å²) in [7, 11) is 0. The average Bonchev–Trinajstić information content (AvgIpc) is 3.36. The lowest BCUT2D eigenvalue weighted by molar-refractivity contribution is -0.129. The van der Waals surface area contributed by atoms with Crippen LogP contribution in [0.4, 0.5) is 5.69 Å². The van der Waals surface area contributed by atoms with Gasteiger partial charge in [-0.05, 0) is 38.8 Å². The molecular weight excluding hydrogens is 368 g/mol. The molecule has 2 fully saturated rings. The van der Waals surface area contributed by atoms with Crippen LogP contribution in [0.1, 0.15) is 53.2 Å². The van der Waals surface area contributed by atoms with Crippen LogP contribution < -0.4 is 4.90 Å². The summed E-state index contributed by atoms with van der Waals surface area (Å²) in [5.41, 5.74) is 4.50. The molecule has 8 nitrogen and oxygen atoms in total. The van der Waals surface area contributed by atoms with Crippen LogP contribution in [-0.4, -0.2) is 69.5 Å². The zero-order valence-electron chi connectivity index (χ0n) is 17.3. The van der Waals surface area contributed by atoms with Gasteiger partial charge in [0.25, 0.3) is 5.91 Å². The third kappa shape index (κ3) is 3.83. The van der Waals surface area contributed by atoms with E-state index in [0.29, 0.717) is 18.7 Å². The molecule has 0 unspecified atom stereocenters. The van der Waals surface area contributed by atoms with E-state index < -0.39 is 0 Å². The number of nitrogens with zero attached hydrogens (tertiary/aromatic N) is 5. The van der Waals surface area contributed by atoms with E-state index in [0.717, 1.165) is 55.2 Å². The van der Waals surface area contributed by atoms with E-state index in [9.17, 15) is 9.59 Å². The summed E-state index contributed by atoms with van der Waals surface area (Å²) in [6.45, 7) is 9.18. The Hall–Kier alpha value is -2.90. The topological polar surface area (TPSA) is 85.4 Å². The minimum Gasteiger partial charge on any atom is -0.368 e. The lowest BCUT2D eigenvalue weighted by Crippen LogP contribution is -2.49. The minimum absolute atomic E-state index is 0.0329. The smallest absolute Gasteiger partial charge is 0.257 e. The van der Waals surface area contributed by atoms with E-state index >= 15 is 0 Å². The van der Waals surface area contributed by atoms with Crippen molar-refractivity contribution >= 4 is 17.5 Å². The van der Waals surface area contributed by atoms with Crippen molar-refractivity contribution in [1.82, 2.24) is 25.0 Å². The number of likely N-dealkylation sites (tertiary alicyclic amines) is 1. The number of hydrogen-bond acceptors (Lipinski definition) is 5. The van der Waals surface area contributed by atoms with Crippen molar-refractivity contribution in [3.8, 4) is 0 Å². The van der Waals surface area contributed by atoms with Crippen molar-refractivity contribution in [2.45, 2.75) is 39.7 Å². The number of H-pyrrole nitrogens is 1. The summed E-state index contributed by atoms with van der Waals surface area (Å²) in [6, 6.07) is 4.28. The van der Waals surface area contributed by atoms with Crippen LogP contribution in [0.25, 0.3) is 0 Å². The van der Waals surface area contributed by atoms with E-state index in [4.69, 9.17) is 4.98 Å². The summed E-state index contributed by atoms with van der Waals surface area (Å²) < 4.78 is 0. The van der Waals surface area contributed by atoms with Crippen molar-refractivity contribution in [3.63, 3.8) is 0 Å². The fraction of sp³-hybridized carbons (Fsp3) is 0.524. The quantitative estimate of drug-likeness (QED) is 0.858. The van der Waals surface area contributed by atoms with Crippen LogP contribution in [0.3, 0.4) is 0 Å². The first-order valence-electron chi connectivity index (χ1n) is 10.2. The number of aromatic nitrogens is 3. The summed E-state index contributed by atoms with van der Waals surface area (Å²) >= 11 is 0. The standard InChI is InChI=1S/C21H28N6O2/c1-14-11-17(12-19(23-14)20-5-4-6-27(20)16(3)28)25-7-9-26(10-8-25)21(29)18-13-22-24-15(18)2/h11-13,20H,4-10H2,1-3H3,(H,22,24)/t20-/m1/s1. The molecule has 2 saturated heterocycles. The van der Waals surface area contributed by atoms with Gasteiger partial charge in [-0.15, -0.1) is 0 Å². The Morgan fingerprint density at radius 3 is 2.52 bits per heavy atom. The summed E-state index contributed by atoms with van der Waals surface area (Å²) in [5.74, 6) is 0.143. The molecule has 2 aliphatic rings. The zero-order valence-corrected chi connectivity index (χ0v) is 17.3. The number of aromatic amines is 1. The van der Waals surface area contributed by atoms with E-state index in [1.54, 1.807) is 13.1 Å². The second-order valence-electron chi connectivity index (χ2n) is 7.95. The van der Waals surface area contributed by atoms with Gasteiger partial charge in [-0.25, -0.2) is 0 Å². The number of anilines is 1. The Morgan fingerprint density at radius 2 is 1.86 bits per heavy atom. The second-order valence-corrected chi connectivity index (χ2v) is 7.95. The van der Waals surface area contributed by atoms with Gasteiger partial charge in [0.05, 0.1) is 23.5 Å². The molecule has 0 aliphatic carbocycles. The van der Waals surface area contributed by atoms with Gasteiger partial charge in [0.15, 0.2) is 0 Å². The van der Waals surface area contributed by atoms with Crippen molar-refractivity contribution in [3.05, 3.63) is 41.0 Å². The number of carbonyl (C=O) groups excluding carboxylic acids is 2. The fourth-order valence-corrected chi connectivity index (χ4v) is 4.38. The van der Waals surface area contributed by atoms with E-state index in [-0.39, 0.29) is 17.9 Å². The molecule has 2 aromatic heterocycles. The van der Waals surface area contributed by atoms with E-state index in [1.165, 1.54) is 0 Å².